The molecule has 2 aliphatic rings. The second kappa shape index (κ2) is 6.54. The molecule has 1 fully saturated rings. The summed E-state index contributed by atoms with van der Waals surface area (Å²) >= 11 is 0. The Balaban J connectivity index is 2.43. The van der Waals surface area contributed by atoms with Crippen LogP contribution in [0, 0.1) is 11.3 Å². The molecular formula is C20H28O3. The quantitative estimate of drug-likeness (QED) is 0.724. The predicted octanol–water partition coefficient (Wildman–Crippen LogP) is 4.36. The van der Waals surface area contributed by atoms with Crippen molar-refractivity contribution in [2.75, 3.05) is 0 Å². The molecule has 0 heterocycles. The smallest absolute Gasteiger partial charge is 0.186 e. The molecule has 0 saturated heterocycles. The number of ketones is 3. The third kappa shape index (κ3) is 3.39. The van der Waals surface area contributed by atoms with Crippen LogP contribution in [0.4, 0.5) is 0 Å². The molecule has 1 saturated carbocycles. The highest BCUT2D eigenvalue weighted by Crippen LogP contribution is 2.42. The maximum atomic E-state index is 13.0. The molecule has 0 aliphatic heterocycles. The van der Waals surface area contributed by atoms with E-state index >= 15 is 0 Å². The van der Waals surface area contributed by atoms with Crippen molar-refractivity contribution in [1.82, 2.24) is 0 Å². The van der Waals surface area contributed by atoms with Gasteiger partial charge in [0, 0.05) is 34.1 Å². The first-order chi connectivity index (χ1) is 10.7. The zero-order valence-electron chi connectivity index (χ0n) is 15.0. The second-order valence-corrected chi connectivity index (χ2v) is 7.79. The third-order valence-electron chi connectivity index (χ3n) is 5.31. The zero-order chi connectivity index (χ0) is 17.4. The first kappa shape index (κ1) is 17.8. The van der Waals surface area contributed by atoms with Crippen LogP contribution in [0.2, 0.25) is 0 Å². The van der Waals surface area contributed by atoms with E-state index in [0.29, 0.717) is 16.7 Å². The summed E-state index contributed by atoms with van der Waals surface area (Å²) in [4.78, 5) is 37.5. The minimum Gasteiger partial charge on any atom is -0.300 e. The van der Waals surface area contributed by atoms with Crippen LogP contribution >= 0.6 is 0 Å². The normalized spacial score (nSPS) is 21.3. The lowest BCUT2D eigenvalue weighted by Gasteiger charge is -2.34. The minimum atomic E-state index is -0.595. The first-order valence-electron chi connectivity index (χ1n) is 8.67. The van der Waals surface area contributed by atoms with Crippen molar-refractivity contribution in [2.45, 2.75) is 73.1 Å². The molecule has 0 unspecified atom stereocenters. The summed E-state index contributed by atoms with van der Waals surface area (Å²) in [5.74, 6) is 0.262. The molecule has 23 heavy (non-hydrogen) atoms. The SMILES string of the molecule is CC(=O)CC(C)(C)C1=C(C)C(=O)C(C2CCCCC2)=C(C)C1=O. The van der Waals surface area contributed by atoms with E-state index in [0.717, 1.165) is 31.3 Å². The summed E-state index contributed by atoms with van der Waals surface area (Å²) in [5.41, 5.74) is 1.85. The van der Waals surface area contributed by atoms with Gasteiger partial charge in [0.25, 0.3) is 0 Å². The lowest BCUT2D eigenvalue weighted by atomic mass is 9.67. The molecule has 2 aliphatic carbocycles. The standard InChI is InChI=1S/C20H28O3/c1-12(21)11-20(4,5)17-14(3)18(22)16(13(2)19(17)23)15-9-7-6-8-10-15/h15H,6-11H2,1-5H3. The number of hydrogen-bond acceptors (Lipinski definition) is 3. The minimum absolute atomic E-state index is 0.0284. The molecule has 0 aromatic heterocycles. The van der Waals surface area contributed by atoms with Gasteiger partial charge >= 0.3 is 0 Å². The van der Waals surface area contributed by atoms with Gasteiger partial charge in [-0.05, 0) is 39.5 Å². The summed E-state index contributed by atoms with van der Waals surface area (Å²) in [6.45, 7) is 8.85. The Hall–Kier alpha value is -1.51. The van der Waals surface area contributed by atoms with Crippen LogP contribution in [0.15, 0.2) is 22.3 Å². The molecular weight excluding hydrogens is 288 g/mol. The summed E-state index contributed by atoms with van der Waals surface area (Å²) < 4.78 is 0. The Morgan fingerprint density at radius 2 is 1.57 bits per heavy atom. The fourth-order valence-electron chi connectivity index (χ4n) is 4.37. The Labute approximate surface area is 139 Å². The molecule has 3 heteroatoms. The molecule has 0 spiro atoms. The number of carbonyl (C=O) groups is 3. The van der Waals surface area contributed by atoms with Gasteiger partial charge < -0.3 is 0 Å². The zero-order valence-corrected chi connectivity index (χ0v) is 15.0. The van der Waals surface area contributed by atoms with Crippen molar-refractivity contribution in [2.24, 2.45) is 11.3 Å². The summed E-state index contributed by atoms with van der Waals surface area (Å²) in [5, 5.41) is 0. The van der Waals surface area contributed by atoms with Crippen molar-refractivity contribution in [3.05, 3.63) is 22.3 Å². The summed E-state index contributed by atoms with van der Waals surface area (Å²) in [6.07, 6.45) is 5.78. The van der Waals surface area contributed by atoms with Crippen LogP contribution in [0.25, 0.3) is 0 Å². The average molecular weight is 316 g/mol. The van der Waals surface area contributed by atoms with Crippen LogP contribution in [0.5, 0.6) is 0 Å². The number of carbonyl (C=O) groups excluding carboxylic acids is 3. The van der Waals surface area contributed by atoms with Crippen LogP contribution < -0.4 is 0 Å². The molecule has 126 valence electrons. The van der Waals surface area contributed by atoms with Crippen molar-refractivity contribution in [3.63, 3.8) is 0 Å². The molecule has 3 nitrogen and oxygen atoms in total. The van der Waals surface area contributed by atoms with Gasteiger partial charge in [-0.2, -0.15) is 0 Å². The van der Waals surface area contributed by atoms with Crippen LogP contribution in [-0.4, -0.2) is 17.3 Å². The van der Waals surface area contributed by atoms with E-state index in [-0.39, 0.29) is 29.7 Å². The maximum absolute atomic E-state index is 13.0. The Bertz CT molecular complexity index is 611. The largest absolute Gasteiger partial charge is 0.300 e. The average Bonchev–Trinajstić information content (AvgIpc) is 2.45. The lowest BCUT2D eigenvalue weighted by Crippen LogP contribution is -2.33. The Morgan fingerprint density at radius 3 is 2.09 bits per heavy atom. The molecule has 0 atom stereocenters. The lowest BCUT2D eigenvalue weighted by molar-refractivity contribution is -0.120. The molecule has 0 bridgehead atoms. The van der Waals surface area contributed by atoms with Crippen molar-refractivity contribution >= 4 is 17.3 Å². The summed E-state index contributed by atoms with van der Waals surface area (Å²) in [7, 11) is 0. The number of hydrogen-bond donors (Lipinski definition) is 0. The van der Waals surface area contributed by atoms with Gasteiger partial charge in [0.05, 0.1) is 0 Å². The highest BCUT2D eigenvalue weighted by atomic mass is 16.1. The molecule has 0 aromatic carbocycles. The maximum Gasteiger partial charge on any atom is 0.186 e. The van der Waals surface area contributed by atoms with Crippen LogP contribution in [-0.2, 0) is 14.4 Å². The Kier molecular flexibility index (Phi) is 5.07. The van der Waals surface area contributed by atoms with E-state index in [9.17, 15) is 14.4 Å². The molecule has 2 rings (SSSR count). The van der Waals surface area contributed by atoms with Gasteiger partial charge in [-0.25, -0.2) is 0 Å². The molecule has 0 radical (unpaired) electrons. The number of Topliss-reactive ketones (excluding diaryl/α,β-unsaturated/α-hetero) is 3. The number of rotatable bonds is 4. The monoisotopic (exact) mass is 316 g/mol. The fraction of sp³-hybridized carbons (Fsp3) is 0.650. The molecule has 0 amide bonds. The second-order valence-electron chi connectivity index (χ2n) is 7.79. The van der Waals surface area contributed by atoms with Crippen molar-refractivity contribution < 1.29 is 14.4 Å². The van der Waals surface area contributed by atoms with Crippen LogP contribution in [0.3, 0.4) is 0 Å². The highest BCUT2D eigenvalue weighted by Gasteiger charge is 2.40. The van der Waals surface area contributed by atoms with Gasteiger partial charge in [0.1, 0.15) is 5.78 Å². The van der Waals surface area contributed by atoms with Crippen molar-refractivity contribution in [3.8, 4) is 0 Å². The molecule has 0 N–H and O–H groups in total. The Morgan fingerprint density at radius 1 is 1.00 bits per heavy atom. The van der Waals surface area contributed by atoms with E-state index in [4.69, 9.17) is 0 Å². The van der Waals surface area contributed by atoms with E-state index in [1.807, 2.05) is 13.8 Å². The highest BCUT2D eigenvalue weighted by molar-refractivity contribution is 6.25. The van der Waals surface area contributed by atoms with Gasteiger partial charge in [-0.3, -0.25) is 14.4 Å². The third-order valence-corrected chi connectivity index (χ3v) is 5.31. The van der Waals surface area contributed by atoms with E-state index < -0.39 is 5.41 Å². The van der Waals surface area contributed by atoms with Gasteiger partial charge in [0.2, 0.25) is 0 Å². The number of allylic oxidation sites excluding steroid dienone is 4. The predicted molar refractivity (Wildman–Crippen MR) is 91.1 cm³/mol. The fourth-order valence-corrected chi connectivity index (χ4v) is 4.37. The summed E-state index contributed by atoms with van der Waals surface area (Å²) in [6, 6.07) is 0. The van der Waals surface area contributed by atoms with Crippen molar-refractivity contribution in [1.29, 1.82) is 0 Å². The van der Waals surface area contributed by atoms with E-state index in [2.05, 4.69) is 0 Å². The van der Waals surface area contributed by atoms with E-state index in [1.165, 1.54) is 13.3 Å². The van der Waals surface area contributed by atoms with Crippen LogP contribution in [0.1, 0.15) is 73.1 Å². The topological polar surface area (TPSA) is 51.2 Å². The van der Waals surface area contributed by atoms with E-state index in [1.54, 1.807) is 13.8 Å². The van der Waals surface area contributed by atoms with Gasteiger partial charge in [-0.1, -0.05) is 33.1 Å². The van der Waals surface area contributed by atoms with Gasteiger partial charge in [0.15, 0.2) is 11.6 Å². The molecule has 0 aromatic rings. The first-order valence-corrected chi connectivity index (χ1v) is 8.67. The van der Waals surface area contributed by atoms with Gasteiger partial charge in [-0.15, -0.1) is 0 Å².